The Morgan fingerprint density at radius 2 is 1.71 bits per heavy atom. The topological polar surface area (TPSA) is 51.2 Å². The van der Waals surface area contributed by atoms with E-state index >= 15 is 0 Å². The van der Waals surface area contributed by atoms with Crippen molar-refractivity contribution in [3.8, 4) is 11.5 Å². The Kier molecular flexibility index (Phi) is 6.46. The fourth-order valence-corrected chi connectivity index (χ4v) is 3.24. The molecule has 0 unspecified atom stereocenters. The maximum absolute atomic E-state index is 13.8. The van der Waals surface area contributed by atoms with Crippen molar-refractivity contribution < 1.29 is 23.4 Å². The minimum atomic E-state index is -0.489. The number of piperazine rings is 1. The lowest BCUT2D eigenvalue weighted by Crippen LogP contribution is -2.49. The average molecular weight is 409 g/mol. The number of hydrogen-bond acceptors (Lipinski definition) is 5. The first-order valence-corrected chi connectivity index (χ1v) is 9.22. The summed E-state index contributed by atoms with van der Waals surface area (Å²) in [6.07, 6.45) is -0.484. The molecular weight excluding hydrogens is 387 g/mol. The number of nitrogens with zero attached hydrogens (tertiary/aromatic N) is 2. The van der Waals surface area contributed by atoms with Crippen LogP contribution in [0, 0.1) is 5.82 Å². The molecule has 150 valence electrons. The number of halogens is 2. The van der Waals surface area contributed by atoms with Gasteiger partial charge in [-0.05, 0) is 12.1 Å². The zero-order chi connectivity index (χ0) is 20.1. The lowest BCUT2D eigenvalue weighted by molar-refractivity contribution is 0.0933. The van der Waals surface area contributed by atoms with Gasteiger partial charge in [-0.2, -0.15) is 0 Å². The van der Waals surface area contributed by atoms with Crippen LogP contribution < -0.4 is 14.4 Å². The summed E-state index contributed by atoms with van der Waals surface area (Å²) in [7, 11) is 3.21. The molecule has 0 aromatic heterocycles. The summed E-state index contributed by atoms with van der Waals surface area (Å²) in [4.78, 5) is 16.1. The molecule has 6 nitrogen and oxygen atoms in total. The van der Waals surface area contributed by atoms with Crippen molar-refractivity contribution in [2.24, 2.45) is 0 Å². The minimum Gasteiger partial charge on any atom is -0.497 e. The van der Waals surface area contributed by atoms with E-state index in [2.05, 4.69) is 4.90 Å². The van der Waals surface area contributed by atoms with Crippen molar-refractivity contribution in [2.75, 3.05) is 45.3 Å². The van der Waals surface area contributed by atoms with E-state index in [9.17, 15) is 9.18 Å². The van der Waals surface area contributed by atoms with Gasteiger partial charge in [0.1, 0.15) is 23.9 Å². The van der Waals surface area contributed by atoms with E-state index < -0.39 is 11.9 Å². The molecule has 0 spiro atoms. The summed E-state index contributed by atoms with van der Waals surface area (Å²) in [5.41, 5.74) is 1.14. The van der Waals surface area contributed by atoms with Crippen LogP contribution in [-0.2, 0) is 11.3 Å². The summed E-state index contributed by atoms with van der Waals surface area (Å²) in [6, 6.07) is 10.0. The Morgan fingerprint density at radius 1 is 1.07 bits per heavy atom. The molecule has 0 saturated carbocycles. The molecule has 8 heteroatoms. The van der Waals surface area contributed by atoms with Gasteiger partial charge >= 0.3 is 6.09 Å². The van der Waals surface area contributed by atoms with E-state index in [0.717, 1.165) is 5.69 Å². The number of methoxy groups -OCH3 is 2. The Bertz CT molecular complexity index is 798. The van der Waals surface area contributed by atoms with Gasteiger partial charge in [0.25, 0.3) is 0 Å². The number of amides is 1. The Morgan fingerprint density at radius 3 is 2.29 bits per heavy atom. The van der Waals surface area contributed by atoms with Gasteiger partial charge in [0.15, 0.2) is 0 Å². The largest absolute Gasteiger partial charge is 0.497 e. The third-order valence-corrected chi connectivity index (χ3v) is 5.00. The third kappa shape index (κ3) is 4.59. The van der Waals surface area contributed by atoms with Crippen LogP contribution >= 0.6 is 11.6 Å². The summed E-state index contributed by atoms with van der Waals surface area (Å²) >= 11 is 5.96. The molecule has 1 amide bonds. The highest BCUT2D eigenvalue weighted by atomic mass is 35.5. The highest BCUT2D eigenvalue weighted by Gasteiger charge is 2.23. The molecule has 1 aliphatic rings. The number of carbonyl (C=O) groups is 1. The van der Waals surface area contributed by atoms with E-state index in [4.69, 9.17) is 25.8 Å². The molecule has 2 aromatic carbocycles. The highest BCUT2D eigenvalue weighted by molar-refractivity contribution is 6.31. The number of benzene rings is 2. The van der Waals surface area contributed by atoms with Crippen molar-refractivity contribution in [3.05, 3.63) is 52.8 Å². The van der Waals surface area contributed by atoms with Gasteiger partial charge in [-0.1, -0.05) is 17.7 Å². The standard InChI is InChI=1S/C20H22ClFN2O4/c1-26-15-10-14(11-16(12-15)27-2)23-6-8-24(9-7-23)20(25)28-13-17-18(21)4-3-5-19(17)22/h3-5,10-12H,6-9,13H2,1-2H3. The van der Waals surface area contributed by atoms with E-state index in [0.29, 0.717) is 37.7 Å². The minimum absolute atomic E-state index is 0.180. The molecule has 1 saturated heterocycles. The predicted molar refractivity (Wildman–Crippen MR) is 105 cm³/mol. The SMILES string of the molecule is COc1cc(OC)cc(N2CCN(C(=O)OCc3c(F)cccc3Cl)CC2)c1. The van der Waals surface area contributed by atoms with Crippen molar-refractivity contribution >= 4 is 23.4 Å². The molecule has 0 aliphatic carbocycles. The normalized spacial score (nSPS) is 14.0. The number of carbonyl (C=O) groups excluding carboxylic acids is 1. The first kappa shape index (κ1) is 20.1. The van der Waals surface area contributed by atoms with Crippen LogP contribution in [0.25, 0.3) is 0 Å². The monoisotopic (exact) mass is 408 g/mol. The number of rotatable bonds is 5. The Hall–Kier alpha value is -2.67. The summed E-state index contributed by atoms with van der Waals surface area (Å²) in [5.74, 6) is 0.924. The molecular formula is C20H22ClFN2O4. The van der Waals surface area contributed by atoms with Gasteiger partial charge < -0.3 is 24.0 Å². The molecule has 1 fully saturated rings. The van der Waals surface area contributed by atoms with E-state index in [1.807, 2.05) is 18.2 Å². The quantitative estimate of drug-likeness (QED) is 0.749. The van der Waals surface area contributed by atoms with Crippen LogP contribution in [0.3, 0.4) is 0 Å². The third-order valence-electron chi connectivity index (χ3n) is 4.64. The maximum Gasteiger partial charge on any atom is 0.410 e. The van der Waals surface area contributed by atoms with E-state index in [-0.39, 0.29) is 17.2 Å². The van der Waals surface area contributed by atoms with Gasteiger partial charge in [-0.15, -0.1) is 0 Å². The molecule has 3 rings (SSSR count). The van der Waals surface area contributed by atoms with Crippen LogP contribution in [-0.4, -0.2) is 51.4 Å². The van der Waals surface area contributed by atoms with E-state index in [1.165, 1.54) is 12.1 Å². The zero-order valence-electron chi connectivity index (χ0n) is 15.8. The number of anilines is 1. The molecule has 0 N–H and O–H groups in total. The van der Waals surface area contributed by atoms with Crippen molar-refractivity contribution in [3.63, 3.8) is 0 Å². The first-order chi connectivity index (χ1) is 13.5. The van der Waals surface area contributed by atoms with Gasteiger partial charge in [0.05, 0.1) is 19.2 Å². The second-order valence-corrected chi connectivity index (χ2v) is 6.71. The lowest BCUT2D eigenvalue weighted by Gasteiger charge is -2.35. The maximum atomic E-state index is 13.8. The average Bonchev–Trinajstić information content (AvgIpc) is 2.73. The van der Waals surface area contributed by atoms with Gasteiger partial charge in [-0.3, -0.25) is 0 Å². The van der Waals surface area contributed by atoms with Crippen LogP contribution in [0.2, 0.25) is 5.02 Å². The Labute approximate surface area is 168 Å². The summed E-state index contributed by atoms with van der Waals surface area (Å²) in [5, 5.41) is 0.240. The fraction of sp³-hybridized carbons (Fsp3) is 0.350. The predicted octanol–water partition coefficient (Wildman–Crippen LogP) is 3.96. The van der Waals surface area contributed by atoms with Crippen LogP contribution in [0.5, 0.6) is 11.5 Å². The summed E-state index contributed by atoms with van der Waals surface area (Å²) in [6.45, 7) is 2.04. The number of hydrogen-bond donors (Lipinski definition) is 0. The molecule has 0 atom stereocenters. The smallest absolute Gasteiger partial charge is 0.410 e. The molecule has 0 radical (unpaired) electrons. The van der Waals surface area contributed by atoms with Crippen LogP contribution in [0.4, 0.5) is 14.9 Å². The van der Waals surface area contributed by atoms with Gasteiger partial charge in [0.2, 0.25) is 0 Å². The lowest BCUT2D eigenvalue weighted by atomic mass is 10.2. The first-order valence-electron chi connectivity index (χ1n) is 8.84. The summed E-state index contributed by atoms with van der Waals surface area (Å²) < 4.78 is 29.7. The molecule has 1 aliphatic heterocycles. The van der Waals surface area contributed by atoms with Crippen LogP contribution in [0.1, 0.15) is 5.56 Å². The molecule has 0 bridgehead atoms. The second-order valence-electron chi connectivity index (χ2n) is 6.30. The van der Waals surface area contributed by atoms with Crippen molar-refractivity contribution in [1.29, 1.82) is 0 Å². The van der Waals surface area contributed by atoms with Crippen molar-refractivity contribution in [1.82, 2.24) is 4.90 Å². The number of ether oxygens (including phenoxy) is 3. The highest BCUT2D eigenvalue weighted by Crippen LogP contribution is 2.29. The fourth-order valence-electron chi connectivity index (χ4n) is 3.02. The van der Waals surface area contributed by atoms with E-state index in [1.54, 1.807) is 25.2 Å². The van der Waals surface area contributed by atoms with Crippen molar-refractivity contribution in [2.45, 2.75) is 6.61 Å². The van der Waals surface area contributed by atoms with Crippen LogP contribution in [0.15, 0.2) is 36.4 Å². The zero-order valence-corrected chi connectivity index (χ0v) is 16.5. The van der Waals surface area contributed by atoms with Gasteiger partial charge in [0, 0.05) is 55.6 Å². The molecule has 2 aromatic rings. The van der Waals surface area contributed by atoms with Gasteiger partial charge in [-0.25, -0.2) is 9.18 Å². The molecule has 28 heavy (non-hydrogen) atoms. The second kappa shape index (κ2) is 9.01. The Balaban J connectivity index is 1.57. The molecule has 1 heterocycles.